The zero-order valence-electron chi connectivity index (χ0n) is 14.3. The number of amides is 1. The number of carbonyl (C=O) groups excluding carboxylic acids is 1. The van der Waals surface area contributed by atoms with E-state index in [1.165, 1.54) is 0 Å². The first-order valence-electron chi connectivity index (χ1n) is 7.71. The van der Waals surface area contributed by atoms with Crippen LogP contribution in [0, 0.1) is 13.8 Å². The first-order valence-corrected chi connectivity index (χ1v) is 7.71. The molecule has 144 valence electrons. The average Bonchev–Trinajstić information content (AvgIpc) is 3.07. The molecule has 1 fully saturated rings. The van der Waals surface area contributed by atoms with E-state index in [2.05, 4.69) is 20.7 Å². The standard InChI is InChI=1S/C16H19F2N5O.2ClH/c1-10-5-11(2)23(22-10)14-4-3-12(7-19-14)8-20-15(24)13-6-16(17,18)9-21-13;;/h3-5,7,13,21H,6,8-9H2,1-2H3,(H,20,24);2*1H. The first-order chi connectivity index (χ1) is 11.3. The Morgan fingerprint density at radius 3 is 2.62 bits per heavy atom. The molecule has 1 aliphatic rings. The Morgan fingerprint density at radius 1 is 1.38 bits per heavy atom. The molecule has 2 aromatic heterocycles. The third kappa shape index (κ3) is 5.12. The maximum atomic E-state index is 13.1. The molecule has 1 amide bonds. The van der Waals surface area contributed by atoms with Gasteiger partial charge in [-0.05, 0) is 31.5 Å². The summed E-state index contributed by atoms with van der Waals surface area (Å²) < 4.78 is 27.9. The Morgan fingerprint density at radius 2 is 2.12 bits per heavy atom. The highest BCUT2D eigenvalue weighted by Crippen LogP contribution is 2.25. The van der Waals surface area contributed by atoms with Gasteiger partial charge in [0.2, 0.25) is 5.91 Å². The maximum absolute atomic E-state index is 13.1. The van der Waals surface area contributed by atoms with E-state index in [-0.39, 0.29) is 31.4 Å². The monoisotopic (exact) mass is 407 g/mol. The lowest BCUT2D eigenvalue weighted by atomic mass is 10.2. The van der Waals surface area contributed by atoms with Gasteiger partial charge in [-0.3, -0.25) is 10.1 Å². The SMILES string of the molecule is Cc1cc(C)n(-c2ccc(CNC(=O)C3CC(F)(F)CN3)cn2)n1.Cl.Cl. The van der Waals surface area contributed by atoms with Crippen LogP contribution >= 0.6 is 24.8 Å². The third-order valence-corrected chi connectivity index (χ3v) is 3.93. The van der Waals surface area contributed by atoms with Crippen molar-refractivity contribution in [3.8, 4) is 5.82 Å². The van der Waals surface area contributed by atoms with Crippen molar-refractivity contribution in [2.45, 2.75) is 38.8 Å². The molecule has 2 aromatic rings. The van der Waals surface area contributed by atoms with Gasteiger partial charge in [0, 0.05) is 24.9 Å². The van der Waals surface area contributed by atoms with E-state index in [9.17, 15) is 13.6 Å². The van der Waals surface area contributed by atoms with Crippen LogP contribution in [0.25, 0.3) is 5.82 Å². The first kappa shape index (κ1) is 22.3. The molecule has 1 aliphatic heterocycles. The highest BCUT2D eigenvalue weighted by atomic mass is 35.5. The van der Waals surface area contributed by atoms with Crippen LogP contribution in [0.15, 0.2) is 24.4 Å². The minimum absolute atomic E-state index is 0. The molecule has 0 radical (unpaired) electrons. The summed E-state index contributed by atoms with van der Waals surface area (Å²) in [6.07, 6.45) is 1.18. The Hall–Kier alpha value is -1.77. The molecule has 6 nitrogen and oxygen atoms in total. The molecule has 3 rings (SSSR count). The van der Waals surface area contributed by atoms with E-state index >= 15 is 0 Å². The summed E-state index contributed by atoms with van der Waals surface area (Å²) >= 11 is 0. The topological polar surface area (TPSA) is 71.8 Å². The lowest BCUT2D eigenvalue weighted by Crippen LogP contribution is -2.40. The van der Waals surface area contributed by atoms with Gasteiger partial charge in [0.1, 0.15) is 0 Å². The highest BCUT2D eigenvalue weighted by molar-refractivity contribution is 5.85. The fourth-order valence-electron chi connectivity index (χ4n) is 2.72. The van der Waals surface area contributed by atoms with Crippen LogP contribution in [0.3, 0.4) is 0 Å². The predicted molar refractivity (Wildman–Crippen MR) is 98.5 cm³/mol. The van der Waals surface area contributed by atoms with Gasteiger partial charge in [0.15, 0.2) is 5.82 Å². The molecule has 0 bridgehead atoms. The third-order valence-electron chi connectivity index (χ3n) is 3.93. The summed E-state index contributed by atoms with van der Waals surface area (Å²) in [7, 11) is 0. The second kappa shape index (κ2) is 8.75. The minimum atomic E-state index is -2.81. The zero-order valence-corrected chi connectivity index (χ0v) is 16.0. The normalized spacial score (nSPS) is 17.9. The molecule has 1 saturated heterocycles. The Labute approximate surface area is 162 Å². The van der Waals surface area contributed by atoms with E-state index < -0.39 is 30.8 Å². The lowest BCUT2D eigenvalue weighted by Gasteiger charge is -2.11. The molecule has 0 aliphatic carbocycles. The largest absolute Gasteiger partial charge is 0.351 e. The van der Waals surface area contributed by atoms with Crippen molar-refractivity contribution >= 4 is 30.7 Å². The van der Waals surface area contributed by atoms with Gasteiger partial charge in [-0.25, -0.2) is 18.4 Å². The zero-order chi connectivity index (χ0) is 17.3. The summed E-state index contributed by atoms with van der Waals surface area (Å²) in [5.74, 6) is -2.55. The molecule has 2 N–H and O–H groups in total. The number of rotatable bonds is 4. The molecular weight excluding hydrogens is 387 g/mol. The van der Waals surface area contributed by atoms with Crippen molar-refractivity contribution in [2.24, 2.45) is 0 Å². The van der Waals surface area contributed by atoms with Crippen LogP contribution in [0.1, 0.15) is 23.4 Å². The molecule has 10 heteroatoms. The van der Waals surface area contributed by atoms with E-state index in [0.717, 1.165) is 17.0 Å². The van der Waals surface area contributed by atoms with Crippen molar-refractivity contribution in [3.05, 3.63) is 41.3 Å². The average molecular weight is 408 g/mol. The van der Waals surface area contributed by atoms with Gasteiger partial charge in [0.05, 0.1) is 18.3 Å². The molecule has 3 heterocycles. The number of nitrogens with one attached hydrogen (secondary N) is 2. The minimum Gasteiger partial charge on any atom is -0.351 e. The summed E-state index contributed by atoms with van der Waals surface area (Å²) in [5, 5.41) is 9.54. The summed E-state index contributed by atoms with van der Waals surface area (Å²) in [4.78, 5) is 16.2. The predicted octanol–water partition coefficient (Wildman–Crippen LogP) is 2.34. The lowest BCUT2D eigenvalue weighted by molar-refractivity contribution is -0.123. The van der Waals surface area contributed by atoms with Gasteiger partial charge in [0.25, 0.3) is 5.92 Å². The number of carbonyl (C=O) groups is 1. The van der Waals surface area contributed by atoms with Gasteiger partial charge in [-0.15, -0.1) is 24.8 Å². The van der Waals surface area contributed by atoms with E-state index in [1.807, 2.05) is 32.0 Å². The number of halogens is 4. The number of hydrogen-bond donors (Lipinski definition) is 2. The van der Waals surface area contributed by atoms with Crippen molar-refractivity contribution in [3.63, 3.8) is 0 Å². The van der Waals surface area contributed by atoms with Gasteiger partial charge in [-0.2, -0.15) is 5.10 Å². The van der Waals surface area contributed by atoms with Crippen LogP contribution in [0.2, 0.25) is 0 Å². The summed E-state index contributed by atoms with van der Waals surface area (Å²) in [6.45, 7) is 3.64. The number of aromatic nitrogens is 3. The summed E-state index contributed by atoms with van der Waals surface area (Å²) in [6, 6.07) is 4.75. The number of hydrogen-bond acceptors (Lipinski definition) is 4. The van der Waals surface area contributed by atoms with Crippen LogP contribution < -0.4 is 10.6 Å². The van der Waals surface area contributed by atoms with E-state index in [4.69, 9.17) is 0 Å². The van der Waals surface area contributed by atoms with Gasteiger partial charge in [-0.1, -0.05) is 6.07 Å². The van der Waals surface area contributed by atoms with Crippen LogP contribution in [0.4, 0.5) is 8.78 Å². The molecule has 26 heavy (non-hydrogen) atoms. The van der Waals surface area contributed by atoms with Crippen LogP contribution in [-0.2, 0) is 11.3 Å². The quantitative estimate of drug-likeness (QED) is 0.815. The Balaban J connectivity index is 0.00000169. The van der Waals surface area contributed by atoms with Crippen LogP contribution in [0.5, 0.6) is 0 Å². The maximum Gasteiger partial charge on any atom is 0.262 e. The number of pyridine rings is 1. The fraction of sp³-hybridized carbons (Fsp3) is 0.438. The Kier molecular flexibility index (Phi) is 7.49. The molecule has 0 spiro atoms. The molecule has 1 atom stereocenters. The fourth-order valence-corrected chi connectivity index (χ4v) is 2.72. The summed E-state index contributed by atoms with van der Waals surface area (Å²) in [5.41, 5.74) is 2.68. The smallest absolute Gasteiger partial charge is 0.262 e. The molecule has 1 unspecified atom stereocenters. The molecular formula is C16H21Cl2F2N5O. The van der Waals surface area contributed by atoms with E-state index in [1.54, 1.807) is 10.9 Å². The van der Waals surface area contributed by atoms with Crippen LogP contribution in [-0.4, -0.2) is 39.2 Å². The van der Waals surface area contributed by atoms with Crippen molar-refractivity contribution < 1.29 is 13.6 Å². The van der Waals surface area contributed by atoms with Crippen molar-refractivity contribution in [1.82, 2.24) is 25.4 Å². The van der Waals surface area contributed by atoms with Crippen molar-refractivity contribution in [2.75, 3.05) is 6.54 Å². The number of nitrogens with zero attached hydrogens (tertiary/aromatic N) is 3. The second-order valence-corrected chi connectivity index (χ2v) is 6.07. The molecule has 0 aromatic carbocycles. The van der Waals surface area contributed by atoms with Gasteiger partial charge < -0.3 is 5.32 Å². The highest BCUT2D eigenvalue weighted by Gasteiger charge is 2.42. The second-order valence-electron chi connectivity index (χ2n) is 6.07. The number of alkyl halides is 2. The molecule has 0 saturated carbocycles. The van der Waals surface area contributed by atoms with E-state index in [0.29, 0.717) is 5.82 Å². The van der Waals surface area contributed by atoms with Gasteiger partial charge >= 0.3 is 0 Å². The Bertz CT molecular complexity index is 752. The van der Waals surface area contributed by atoms with Crippen molar-refractivity contribution in [1.29, 1.82) is 0 Å². The number of aryl methyl sites for hydroxylation is 2.